The molecule has 0 aromatic heterocycles. The minimum absolute atomic E-state index is 0.0580. The van der Waals surface area contributed by atoms with Gasteiger partial charge in [-0.1, -0.05) is 35.9 Å². The zero-order chi connectivity index (χ0) is 33.4. The molecule has 0 bridgehead atoms. The Bertz CT molecular complexity index is 1870. The van der Waals surface area contributed by atoms with Crippen molar-refractivity contribution in [1.82, 2.24) is 9.80 Å². The van der Waals surface area contributed by atoms with Crippen LogP contribution in [0.15, 0.2) is 70.2 Å². The molecular formula is C38H40N4O6. The van der Waals surface area contributed by atoms with Crippen molar-refractivity contribution >= 4 is 35.6 Å². The van der Waals surface area contributed by atoms with E-state index in [-0.39, 0.29) is 17.9 Å². The van der Waals surface area contributed by atoms with Gasteiger partial charge in [0.2, 0.25) is 0 Å². The lowest BCUT2D eigenvalue weighted by Gasteiger charge is -2.37. The minimum Gasteiger partial charge on any atom is -0.493 e. The third-order valence-corrected chi connectivity index (χ3v) is 9.75. The van der Waals surface area contributed by atoms with Gasteiger partial charge in [-0.2, -0.15) is 0 Å². The lowest BCUT2D eigenvalue weighted by atomic mass is 9.91. The lowest BCUT2D eigenvalue weighted by Crippen LogP contribution is -2.45. The number of fused-ring (bicyclic) bond motifs is 5. The normalized spacial score (nSPS) is 21.8. The van der Waals surface area contributed by atoms with Gasteiger partial charge in [-0.3, -0.25) is 19.6 Å². The van der Waals surface area contributed by atoms with Crippen LogP contribution < -0.4 is 18.9 Å². The van der Waals surface area contributed by atoms with E-state index in [1.807, 2.05) is 48.2 Å². The highest BCUT2D eigenvalue weighted by atomic mass is 16.5. The number of hydrogen-bond donors (Lipinski definition) is 0. The number of methoxy groups -OCH3 is 2. The fourth-order valence-corrected chi connectivity index (χ4v) is 7.05. The van der Waals surface area contributed by atoms with Gasteiger partial charge in [-0.05, 0) is 49.9 Å². The van der Waals surface area contributed by atoms with Crippen LogP contribution in [0, 0.1) is 0 Å². The number of carbonyl (C=O) groups excluding carboxylic acids is 2. The molecular weight excluding hydrogens is 608 g/mol. The quantitative estimate of drug-likeness (QED) is 0.204. The first-order chi connectivity index (χ1) is 23.3. The summed E-state index contributed by atoms with van der Waals surface area (Å²) in [4.78, 5) is 40.6. The Hall–Kier alpha value is -5.12. The minimum atomic E-state index is -0.472. The summed E-state index contributed by atoms with van der Waals surface area (Å²) in [5.74, 6) is 1.83. The first-order valence-corrected chi connectivity index (χ1v) is 16.4. The first kappa shape index (κ1) is 31.5. The number of carbonyl (C=O) groups is 2. The van der Waals surface area contributed by atoms with Gasteiger partial charge in [-0.15, -0.1) is 0 Å². The topological polar surface area (TPSA) is 102 Å². The molecule has 4 heterocycles. The monoisotopic (exact) mass is 648 g/mol. The van der Waals surface area contributed by atoms with Gasteiger partial charge in [0.1, 0.15) is 0 Å². The Morgan fingerprint density at radius 3 is 2.17 bits per heavy atom. The molecule has 0 unspecified atom stereocenters. The van der Waals surface area contributed by atoms with Gasteiger partial charge in [0.25, 0.3) is 11.8 Å². The molecule has 0 radical (unpaired) electrons. The summed E-state index contributed by atoms with van der Waals surface area (Å²) >= 11 is 0. The van der Waals surface area contributed by atoms with Gasteiger partial charge in [0.15, 0.2) is 23.0 Å². The summed E-state index contributed by atoms with van der Waals surface area (Å²) in [6.07, 6.45) is 8.65. The average Bonchev–Trinajstić information content (AvgIpc) is 3.41. The second kappa shape index (κ2) is 12.8. The van der Waals surface area contributed by atoms with Gasteiger partial charge in [-0.25, -0.2) is 0 Å². The molecule has 0 spiro atoms. The Morgan fingerprint density at radius 1 is 0.854 bits per heavy atom. The van der Waals surface area contributed by atoms with Crippen LogP contribution in [0.3, 0.4) is 0 Å². The first-order valence-electron chi connectivity index (χ1n) is 16.4. The van der Waals surface area contributed by atoms with Crippen LogP contribution in [0.25, 0.3) is 0 Å². The molecule has 2 amide bonds. The Morgan fingerprint density at radius 2 is 1.50 bits per heavy atom. The highest BCUT2D eigenvalue weighted by Crippen LogP contribution is 2.42. The third kappa shape index (κ3) is 5.69. The summed E-state index contributed by atoms with van der Waals surface area (Å²) < 4.78 is 23.5. The van der Waals surface area contributed by atoms with Crippen molar-refractivity contribution in [2.75, 3.05) is 34.0 Å². The number of hydrogen-bond acceptors (Lipinski definition) is 8. The Labute approximate surface area is 280 Å². The van der Waals surface area contributed by atoms with E-state index in [2.05, 4.69) is 23.2 Å². The van der Waals surface area contributed by atoms with Crippen molar-refractivity contribution in [3.8, 4) is 23.0 Å². The van der Waals surface area contributed by atoms with Crippen LogP contribution in [-0.4, -0.2) is 79.6 Å². The third-order valence-electron chi connectivity index (χ3n) is 9.75. The molecule has 7 rings (SSSR count). The van der Waals surface area contributed by atoms with Crippen molar-refractivity contribution in [1.29, 1.82) is 0 Å². The zero-order valence-electron chi connectivity index (χ0n) is 27.8. The van der Waals surface area contributed by atoms with Crippen LogP contribution >= 0.6 is 0 Å². The predicted octanol–water partition coefficient (Wildman–Crippen LogP) is 6.49. The summed E-state index contributed by atoms with van der Waals surface area (Å²) in [6.45, 7) is 5.87. The van der Waals surface area contributed by atoms with Crippen LogP contribution in [0.5, 0.6) is 23.0 Å². The molecule has 248 valence electrons. The zero-order valence-corrected chi connectivity index (χ0v) is 27.8. The molecule has 3 aromatic rings. The summed E-state index contributed by atoms with van der Waals surface area (Å²) in [6, 6.07) is 15.4. The molecule has 48 heavy (non-hydrogen) atoms. The molecule has 1 fully saturated rings. The molecule has 0 aliphatic carbocycles. The number of allylic oxidation sites excluding steroid dienone is 1. The highest BCUT2D eigenvalue weighted by Gasteiger charge is 2.43. The van der Waals surface area contributed by atoms with Crippen LogP contribution in [0.4, 0.5) is 11.4 Å². The van der Waals surface area contributed by atoms with Crippen molar-refractivity contribution in [2.24, 2.45) is 9.98 Å². The fraction of sp³-hybridized carbons (Fsp3) is 0.368. The van der Waals surface area contributed by atoms with Crippen molar-refractivity contribution in [3.63, 3.8) is 0 Å². The van der Waals surface area contributed by atoms with E-state index in [1.54, 1.807) is 38.5 Å². The van der Waals surface area contributed by atoms with Crippen molar-refractivity contribution in [3.05, 3.63) is 82.4 Å². The number of amides is 2. The standard InChI is InChI=1S/C38H40N4O6/c1-5-24-20-38(2)23-40-31-19-35(33(46-4)17-29(31)37(44)42(38)21-24)48-14-8-13-47-34-18-30-28(16-32(34)45-3)36(43)41-22-26-10-7-6-9-25(26)15-27(41)11-12-39-30/h5-7,9-10,12,16-19,23,27H,8,11,13-15,20-22H2,1-4H3/b24-5-,39-12?/t27-,38-/m0/s1. The van der Waals surface area contributed by atoms with E-state index < -0.39 is 5.54 Å². The SMILES string of the molecule is C/C=C1\CN2C(=O)c3cc(OC)c(OCCCOc4cc5c(cc4OC)C(=O)N4Cc6ccccc6C[C@@H]4CC=N5)cc3N=C[C@]2(C)C1. The molecule has 2 atom stereocenters. The van der Waals surface area contributed by atoms with Gasteiger partial charge < -0.3 is 28.7 Å². The van der Waals surface area contributed by atoms with E-state index in [1.165, 1.54) is 16.7 Å². The molecule has 10 heteroatoms. The molecule has 3 aromatic carbocycles. The second-order valence-electron chi connectivity index (χ2n) is 12.8. The number of ether oxygens (including phenoxy) is 4. The lowest BCUT2D eigenvalue weighted by molar-refractivity contribution is 0.0645. The molecule has 10 nitrogen and oxygen atoms in total. The number of rotatable bonds is 8. The van der Waals surface area contributed by atoms with E-state index in [0.717, 1.165) is 12.8 Å². The molecule has 0 N–H and O–H groups in total. The highest BCUT2D eigenvalue weighted by molar-refractivity contribution is 6.05. The molecule has 4 aliphatic rings. The summed E-state index contributed by atoms with van der Waals surface area (Å²) in [7, 11) is 3.13. The maximum atomic E-state index is 13.8. The van der Waals surface area contributed by atoms with E-state index in [0.29, 0.717) is 84.6 Å². The van der Waals surface area contributed by atoms with Crippen LogP contribution in [-0.2, 0) is 13.0 Å². The van der Waals surface area contributed by atoms with E-state index in [4.69, 9.17) is 23.9 Å². The van der Waals surface area contributed by atoms with Gasteiger partial charge in [0.05, 0.1) is 55.5 Å². The molecule has 0 saturated carbocycles. The average molecular weight is 649 g/mol. The molecule has 1 saturated heterocycles. The van der Waals surface area contributed by atoms with E-state index in [9.17, 15) is 9.59 Å². The maximum Gasteiger partial charge on any atom is 0.257 e. The second-order valence-corrected chi connectivity index (χ2v) is 12.8. The Kier molecular flexibility index (Phi) is 8.41. The summed E-state index contributed by atoms with van der Waals surface area (Å²) in [5, 5.41) is 0. The Balaban J connectivity index is 1.02. The predicted molar refractivity (Wildman–Crippen MR) is 184 cm³/mol. The maximum absolute atomic E-state index is 13.8. The van der Waals surface area contributed by atoms with Crippen LogP contribution in [0.1, 0.15) is 65.0 Å². The van der Waals surface area contributed by atoms with E-state index >= 15 is 0 Å². The molecule has 4 aliphatic heterocycles. The fourth-order valence-electron chi connectivity index (χ4n) is 7.05. The van der Waals surface area contributed by atoms with Crippen molar-refractivity contribution < 1.29 is 28.5 Å². The number of aliphatic imine (C=N–C) groups is 2. The number of nitrogens with zero attached hydrogens (tertiary/aromatic N) is 4. The smallest absolute Gasteiger partial charge is 0.257 e. The van der Waals surface area contributed by atoms with Gasteiger partial charge in [0, 0.05) is 56.5 Å². The summed E-state index contributed by atoms with van der Waals surface area (Å²) in [5.41, 5.74) is 5.32. The van der Waals surface area contributed by atoms with Crippen molar-refractivity contribution in [2.45, 2.75) is 57.7 Å². The van der Waals surface area contributed by atoms with Crippen LogP contribution in [0.2, 0.25) is 0 Å². The number of benzene rings is 3. The largest absolute Gasteiger partial charge is 0.493 e. The van der Waals surface area contributed by atoms with Gasteiger partial charge >= 0.3 is 0 Å².